The Bertz CT molecular complexity index is 1140. The van der Waals surface area contributed by atoms with E-state index in [0.717, 1.165) is 60.4 Å². The number of likely N-dealkylation sites (tertiary alicyclic amines) is 1. The lowest BCUT2D eigenvalue weighted by atomic mass is 10.0. The molecule has 160 valence electrons. The molecule has 0 aliphatic carbocycles. The topological polar surface area (TPSA) is 54.7 Å². The first kappa shape index (κ1) is 19.9. The first-order valence-electron chi connectivity index (χ1n) is 11.0. The molecule has 3 aromatic rings. The van der Waals surface area contributed by atoms with Crippen molar-refractivity contribution in [1.82, 2.24) is 10.2 Å². The van der Waals surface area contributed by atoms with Crippen LogP contribution in [0.4, 0.5) is 0 Å². The Morgan fingerprint density at radius 1 is 1.10 bits per heavy atom. The standard InChI is InChI=1S/C26H28N2O3/c1-17-3-4-20-13-21-14-24(31-25(21)15-23(20)30-16-17)18-5-7-19(8-6-18)26(29)27-22-9-11-28(2)12-10-22/h3,5-8,13-15,22H,4,9-12,16H2,1-2H3,(H,27,29). The molecular formula is C26H28N2O3. The number of hydrogen-bond acceptors (Lipinski definition) is 4. The van der Waals surface area contributed by atoms with Crippen LogP contribution in [0.3, 0.4) is 0 Å². The molecule has 1 fully saturated rings. The Kier molecular flexibility index (Phi) is 5.28. The fraction of sp³-hybridized carbons (Fsp3) is 0.346. The minimum atomic E-state index is -0.00468. The van der Waals surface area contributed by atoms with E-state index in [-0.39, 0.29) is 11.9 Å². The zero-order chi connectivity index (χ0) is 21.4. The molecule has 1 N–H and O–H groups in total. The van der Waals surface area contributed by atoms with Gasteiger partial charge in [-0.05, 0) is 81.7 Å². The Balaban J connectivity index is 1.33. The summed E-state index contributed by atoms with van der Waals surface area (Å²) in [5, 5.41) is 4.23. The van der Waals surface area contributed by atoms with Gasteiger partial charge >= 0.3 is 0 Å². The van der Waals surface area contributed by atoms with E-state index in [1.807, 2.05) is 30.3 Å². The third-order valence-electron chi connectivity index (χ3n) is 6.31. The van der Waals surface area contributed by atoms with Crippen LogP contribution >= 0.6 is 0 Å². The molecule has 2 aliphatic rings. The minimum absolute atomic E-state index is 0.00468. The van der Waals surface area contributed by atoms with Crippen molar-refractivity contribution in [2.75, 3.05) is 26.7 Å². The van der Waals surface area contributed by atoms with Crippen molar-refractivity contribution in [3.05, 3.63) is 65.2 Å². The summed E-state index contributed by atoms with van der Waals surface area (Å²) < 4.78 is 12.0. The Labute approximate surface area is 182 Å². The van der Waals surface area contributed by atoms with E-state index in [0.29, 0.717) is 12.2 Å². The third kappa shape index (κ3) is 4.23. The van der Waals surface area contributed by atoms with Crippen molar-refractivity contribution < 1.29 is 13.9 Å². The van der Waals surface area contributed by atoms with Gasteiger partial charge in [0.1, 0.15) is 23.7 Å². The highest BCUT2D eigenvalue weighted by atomic mass is 16.5. The predicted molar refractivity (Wildman–Crippen MR) is 123 cm³/mol. The molecule has 0 bridgehead atoms. The van der Waals surface area contributed by atoms with Gasteiger partial charge in [-0.1, -0.05) is 18.2 Å². The summed E-state index contributed by atoms with van der Waals surface area (Å²) >= 11 is 0. The summed E-state index contributed by atoms with van der Waals surface area (Å²) in [7, 11) is 2.12. The second kappa shape index (κ2) is 8.23. The van der Waals surface area contributed by atoms with Crippen LogP contribution in [-0.2, 0) is 6.42 Å². The molecule has 3 heterocycles. The molecule has 2 aromatic carbocycles. The predicted octanol–water partition coefficient (Wildman–Crippen LogP) is 4.81. The van der Waals surface area contributed by atoms with Gasteiger partial charge in [-0.25, -0.2) is 0 Å². The maximum absolute atomic E-state index is 12.6. The van der Waals surface area contributed by atoms with Gasteiger partial charge in [0.05, 0.1) is 0 Å². The lowest BCUT2D eigenvalue weighted by molar-refractivity contribution is 0.0917. The quantitative estimate of drug-likeness (QED) is 0.623. The van der Waals surface area contributed by atoms with E-state index in [1.165, 1.54) is 11.1 Å². The monoisotopic (exact) mass is 416 g/mol. The first-order valence-corrected chi connectivity index (χ1v) is 11.0. The number of furan rings is 1. The van der Waals surface area contributed by atoms with Gasteiger partial charge in [0.2, 0.25) is 0 Å². The van der Waals surface area contributed by atoms with Gasteiger partial charge < -0.3 is 19.4 Å². The number of amides is 1. The average Bonchev–Trinajstić information content (AvgIpc) is 3.11. The van der Waals surface area contributed by atoms with E-state index in [2.05, 4.69) is 42.4 Å². The molecule has 5 rings (SSSR count). The van der Waals surface area contributed by atoms with Crippen LogP contribution in [-0.4, -0.2) is 43.6 Å². The van der Waals surface area contributed by atoms with Gasteiger partial charge in [-0.2, -0.15) is 0 Å². The summed E-state index contributed by atoms with van der Waals surface area (Å²) in [6.45, 7) is 4.76. The lowest BCUT2D eigenvalue weighted by Gasteiger charge is -2.29. The lowest BCUT2D eigenvalue weighted by Crippen LogP contribution is -2.43. The summed E-state index contributed by atoms with van der Waals surface area (Å²) in [5.74, 6) is 1.68. The number of fused-ring (bicyclic) bond motifs is 2. The van der Waals surface area contributed by atoms with E-state index >= 15 is 0 Å². The van der Waals surface area contributed by atoms with Crippen LogP contribution in [0.2, 0.25) is 0 Å². The second-order valence-electron chi connectivity index (χ2n) is 8.78. The van der Waals surface area contributed by atoms with E-state index in [9.17, 15) is 4.79 Å². The molecule has 2 aliphatic heterocycles. The van der Waals surface area contributed by atoms with Gasteiger partial charge in [-0.15, -0.1) is 0 Å². The summed E-state index contributed by atoms with van der Waals surface area (Å²) in [5.41, 5.74) is 4.88. The Morgan fingerprint density at radius 2 is 1.87 bits per heavy atom. The van der Waals surface area contributed by atoms with Crippen LogP contribution in [0.5, 0.6) is 5.75 Å². The number of allylic oxidation sites excluding steroid dienone is 1. The zero-order valence-electron chi connectivity index (χ0n) is 18.1. The van der Waals surface area contributed by atoms with E-state index in [1.54, 1.807) is 0 Å². The number of benzene rings is 2. The summed E-state index contributed by atoms with van der Waals surface area (Å²) in [6, 6.07) is 14.1. The van der Waals surface area contributed by atoms with E-state index < -0.39 is 0 Å². The van der Waals surface area contributed by atoms with Crippen molar-refractivity contribution in [2.24, 2.45) is 0 Å². The number of piperidine rings is 1. The first-order chi connectivity index (χ1) is 15.0. The van der Waals surface area contributed by atoms with Gasteiger partial charge in [0.15, 0.2) is 0 Å². The van der Waals surface area contributed by atoms with Crippen molar-refractivity contribution in [3.63, 3.8) is 0 Å². The number of rotatable bonds is 3. The highest BCUT2D eigenvalue weighted by molar-refractivity contribution is 5.95. The maximum Gasteiger partial charge on any atom is 0.251 e. The Morgan fingerprint density at radius 3 is 2.65 bits per heavy atom. The second-order valence-corrected chi connectivity index (χ2v) is 8.78. The molecule has 5 nitrogen and oxygen atoms in total. The highest BCUT2D eigenvalue weighted by Gasteiger charge is 2.19. The number of carbonyl (C=O) groups excluding carboxylic acids is 1. The molecule has 1 aromatic heterocycles. The molecular weight excluding hydrogens is 388 g/mol. The highest BCUT2D eigenvalue weighted by Crippen LogP contribution is 2.34. The minimum Gasteiger partial charge on any atom is -0.489 e. The van der Waals surface area contributed by atoms with Gasteiger partial charge in [-0.3, -0.25) is 4.79 Å². The molecule has 0 unspecified atom stereocenters. The zero-order valence-corrected chi connectivity index (χ0v) is 18.1. The molecule has 0 saturated carbocycles. The van der Waals surface area contributed by atoms with E-state index in [4.69, 9.17) is 9.15 Å². The average molecular weight is 417 g/mol. The molecule has 0 spiro atoms. The largest absolute Gasteiger partial charge is 0.489 e. The molecule has 5 heteroatoms. The number of nitrogens with zero attached hydrogens (tertiary/aromatic N) is 1. The summed E-state index contributed by atoms with van der Waals surface area (Å²) in [4.78, 5) is 14.9. The number of hydrogen-bond donors (Lipinski definition) is 1. The summed E-state index contributed by atoms with van der Waals surface area (Å²) in [6.07, 6.45) is 5.09. The molecule has 1 saturated heterocycles. The molecule has 31 heavy (non-hydrogen) atoms. The molecule has 0 radical (unpaired) electrons. The van der Waals surface area contributed by atoms with Crippen molar-refractivity contribution >= 4 is 16.9 Å². The van der Waals surface area contributed by atoms with Crippen LogP contribution in [0.1, 0.15) is 35.7 Å². The third-order valence-corrected chi connectivity index (χ3v) is 6.31. The van der Waals surface area contributed by atoms with Crippen LogP contribution in [0, 0.1) is 0 Å². The van der Waals surface area contributed by atoms with Crippen LogP contribution < -0.4 is 10.1 Å². The van der Waals surface area contributed by atoms with Crippen LogP contribution in [0.25, 0.3) is 22.3 Å². The maximum atomic E-state index is 12.6. The smallest absolute Gasteiger partial charge is 0.251 e. The van der Waals surface area contributed by atoms with Gasteiger partial charge in [0, 0.05) is 28.6 Å². The van der Waals surface area contributed by atoms with Crippen LogP contribution in [0.15, 0.2) is 58.5 Å². The normalized spacial score (nSPS) is 17.5. The molecule has 1 amide bonds. The van der Waals surface area contributed by atoms with Gasteiger partial charge in [0.25, 0.3) is 5.91 Å². The fourth-order valence-corrected chi connectivity index (χ4v) is 4.29. The van der Waals surface area contributed by atoms with Crippen molar-refractivity contribution in [1.29, 1.82) is 0 Å². The SMILES string of the molecule is CC1=CCc2cc3cc(-c4ccc(C(=O)NC5CCN(C)CC5)cc4)oc3cc2OC1. The number of carbonyl (C=O) groups is 1. The number of nitrogens with one attached hydrogen (secondary N) is 1. The number of ether oxygens (including phenoxy) is 1. The van der Waals surface area contributed by atoms with Crippen molar-refractivity contribution in [2.45, 2.75) is 32.2 Å². The van der Waals surface area contributed by atoms with Crippen molar-refractivity contribution in [3.8, 4) is 17.1 Å². The Hall–Kier alpha value is -3.05. The fourth-order valence-electron chi connectivity index (χ4n) is 4.29. The molecule has 0 atom stereocenters.